The van der Waals surface area contributed by atoms with Crippen LogP contribution in [0.2, 0.25) is 0 Å². The van der Waals surface area contributed by atoms with E-state index in [1.54, 1.807) is 12.1 Å². The normalized spacial score (nSPS) is 13.1. The van der Waals surface area contributed by atoms with Crippen molar-refractivity contribution in [3.05, 3.63) is 29.8 Å². The second-order valence-corrected chi connectivity index (χ2v) is 5.84. The molecule has 0 radical (unpaired) electrons. The fourth-order valence-corrected chi connectivity index (χ4v) is 1.86. The number of rotatable bonds is 6. The minimum absolute atomic E-state index is 0.00861. The number of aryl methyl sites for hydroxylation is 1. The molecule has 0 saturated carbocycles. The topological polar surface area (TPSA) is 75.3 Å². The molecule has 4 nitrogen and oxygen atoms in total. The first-order chi connectivity index (χ1) is 8.76. The van der Waals surface area contributed by atoms with Gasteiger partial charge in [0.15, 0.2) is 0 Å². The number of hydrogen-bond donors (Lipinski definition) is 3. The lowest BCUT2D eigenvalue weighted by Gasteiger charge is -2.20. The molecule has 1 aromatic rings. The molecule has 0 spiro atoms. The highest BCUT2D eigenvalue weighted by Crippen LogP contribution is 2.12. The monoisotopic (exact) mass is 264 g/mol. The number of amides is 1. The van der Waals surface area contributed by atoms with Crippen molar-refractivity contribution in [3.63, 3.8) is 0 Å². The lowest BCUT2D eigenvalue weighted by Crippen LogP contribution is -2.41. The molecule has 1 unspecified atom stereocenters. The second-order valence-electron chi connectivity index (χ2n) is 5.84. The van der Waals surface area contributed by atoms with E-state index in [9.17, 15) is 9.90 Å². The average molecular weight is 264 g/mol. The van der Waals surface area contributed by atoms with Crippen LogP contribution in [0.3, 0.4) is 0 Å². The Hall–Kier alpha value is -1.55. The summed E-state index contributed by atoms with van der Waals surface area (Å²) >= 11 is 0. The third-order valence-electron chi connectivity index (χ3n) is 2.83. The number of hydrogen-bond acceptors (Lipinski definition) is 3. The molecule has 0 bridgehead atoms. The van der Waals surface area contributed by atoms with E-state index in [1.807, 2.05) is 32.9 Å². The van der Waals surface area contributed by atoms with Gasteiger partial charge in [-0.2, -0.15) is 0 Å². The van der Waals surface area contributed by atoms with Gasteiger partial charge in [0.25, 0.3) is 0 Å². The van der Waals surface area contributed by atoms with E-state index in [2.05, 4.69) is 5.32 Å². The molecular formula is C15H24N2O2. The SMILES string of the molecule is CC(CCc1ccc(O)cc1)NC(=O)CC(C)(C)N. The van der Waals surface area contributed by atoms with Gasteiger partial charge in [0, 0.05) is 18.0 Å². The Bertz CT molecular complexity index is 407. The van der Waals surface area contributed by atoms with Gasteiger partial charge in [-0.15, -0.1) is 0 Å². The Morgan fingerprint density at radius 1 is 1.37 bits per heavy atom. The summed E-state index contributed by atoms with van der Waals surface area (Å²) in [5, 5.41) is 12.1. The summed E-state index contributed by atoms with van der Waals surface area (Å²) in [5.74, 6) is 0.265. The van der Waals surface area contributed by atoms with Crippen molar-refractivity contribution < 1.29 is 9.90 Å². The van der Waals surface area contributed by atoms with Gasteiger partial charge in [-0.05, 0) is 51.3 Å². The molecule has 4 N–H and O–H groups in total. The Morgan fingerprint density at radius 2 is 1.95 bits per heavy atom. The van der Waals surface area contributed by atoms with Crippen LogP contribution in [0, 0.1) is 0 Å². The minimum Gasteiger partial charge on any atom is -0.508 e. The molecule has 106 valence electrons. The zero-order chi connectivity index (χ0) is 14.5. The fourth-order valence-electron chi connectivity index (χ4n) is 1.86. The molecule has 0 heterocycles. The van der Waals surface area contributed by atoms with Crippen molar-refractivity contribution in [1.82, 2.24) is 5.32 Å². The van der Waals surface area contributed by atoms with Gasteiger partial charge in [0.1, 0.15) is 5.75 Å². The third kappa shape index (κ3) is 6.82. The van der Waals surface area contributed by atoms with Crippen LogP contribution in [0.25, 0.3) is 0 Å². The number of carbonyl (C=O) groups excluding carboxylic acids is 1. The highest BCUT2D eigenvalue weighted by atomic mass is 16.3. The number of phenols is 1. The van der Waals surface area contributed by atoms with Crippen LogP contribution in [0.1, 0.15) is 39.2 Å². The molecule has 1 atom stereocenters. The zero-order valence-corrected chi connectivity index (χ0v) is 11.9. The largest absolute Gasteiger partial charge is 0.508 e. The Balaban J connectivity index is 2.33. The quantitative estimate of drug-likeness (QED) is 0.735. The molecule has 0 aliphatic carbocycles. The number of nitrogens with two attached hydrogens (primary N) is 1. The molecule has 0 aliphatic rings. The van der Waals surface area contributed by atoms with Crippen molar-refractivity contribution in [2.45, 2.75) is 51.6 Å². The summed E-state index contributed by atoms with van der Waals surface area (Å²) in [5.41, 5.74) is 6.49. The van der Waals surface area contributed by atoms with Crippen molar-refractivity contribution in [2.24, 2.45) is 5.73 Å². The van der Waals surface area contributed by atoms with Crippen molar-refractivity contribution in [3.8, 4) is 5.75 Å². The van der Waals surface area contributed by atoms with Crippen LogP contribution in [0.5, 0.6) is 5.75 Å². The van der Waals surface area contributed by atoms with Crippen molar-refractivity contribution >= 4 is 5.91 Å². The summed E-state index contributed by atoms with van der Waals surface area (Å²) in [6.07, 6.45) is 2.06. The summed E-state index contributed by atoms with van der Waals surface area (Å²) in [4.78, 5) is 11.7. The van der Waals surface area contributed by atoms with Crippen LogP contribution in [0.15, 0.2) is 24.3 Å². The van der Waals surface area contributed by atoms with E-state index in [4.69, 9.17) is 5.73 Å². The van der Waals surface area contributed by atoms with Gasteiger partial charge in [0.2, 0.25) is 5.91 Å². The molecule has 1 rings (SSSR count). The van der Waals surface area contributed by atoms with E-state index in [0.717, 1.165) is 18.4 Å². The van der Waals surface area contributed by atoms with E-state index in [-0.39, 0.29) is 17.7 Å². The van der Waals surface area contributed by atoms with Crippen molar-refractivity contribution in [2.75, 3.05) is 0 Å². The molecule has 0 aromatic heterocycles. The standard InChI is InChI=1S/C15H24N2O2/c1-11(17-14(19)10-15(2,3)16)4-5-12-6-8-13(18)9-7-12/h6-9,11,18H,4-5,10,16H2,1-3H3,(H,17,19). The molecule has 0 fully saturated rings. The van der Waals surface area contributed by atoms with Gasteiger partial charge in [-0.3, -0.25) is 4.79 Å². The first kappa shape index (κ1) is 15.5. The molecule has 19 heavy (non-hydrogen) atoms. The van der Waals surface area contributed by atoms with Crippen LogP contribution in [0.4, 0.5) is 0 Å². The smallest absolute Gasteiger partial charge is 0.222 e. The molecular weight excluding hydrogens is 240 g/mol. The van der Waals surface area contributed by atoms with E-state index >= 15 is 0 Å². The summed E-state index contributed by atoms with van der Waals surface area (Å²) < 4.78 is 0. The second kappa shape index (κ2) is 6.57. The number of phenolic OH excluding ortho intramolecular Hbond substituents is 1. The van der Waals surface area contributed by atoms with Gasteiger partial charge >= 0.3 is 0 Å². The zero-order valence-electron chi connectivity index (χ0n) is 11.9. The van der Waals surface area contributed by atoms with Gasteiger partial charge in [-0.1, -0.05) is 12.1 Å². The highest BCUT2D eigenvalue weighted by molar-refractivity contribution is 5.77. The number of benzene rings is 1. The maximum atomic E-state index is 11.7. The number of carbonyl (C=O) groups is 1. The molecule has 0 aliphatic heterocycles. The Kier molecular flexibility index (Phi) is 5.36. The van der Waals surface area contributed by atoms with Crippen molar-refractivity contribution in [1.29, 1.82) is 0 Å². The summed E-state index contributed by atoms with van der Waals surface area (Å²) in [7, 11) is 0. The summed E-state index contributed by atoms with van der Waals surface area (Å²) in [6.45, 7) is 5.67. The summed E-state index contributed by atoms with van der Waals surface area (Å²) in [6, 6.07) is 7.26. The van der Waals surface area contributed by atoms with E-state index < -0.39 is 5.54 Å². The highest BCUT2D eigenvalue weighted by Gasteiger charge is 2.17. The third-order valence-corrected chi connectivity index (χ3v) is 2.83. The van der Waals surface area contributed by atoms with E-state index in [1.165, 1.54) is 0 Å². The number of aromatic hydroxyl groups is 1. The predicted molar refractivity (Wildman–Crippen MR) is 76.9 cm³/mol. The first-order valence-electron chi connectivity index (χ1n) is 6.62. The maximum Gasteiger partial charge on any atom is 0.222 e. The Morgan fingerprint density at radius 3 is 2.47 bits per heavy atom. The fraction of sp³-hybridized carbons (Fsp3) is 0.533. The number of nitrogens with one attached hydrogen (secondary N) is 1. The molecule has 0 saturated heterocycles. The predicted octanol–water partition coefficient (Wildman–Crippen LogP) is 1.96. The van der Waals surface area contributed by atoms with Gasteiger partial charge < -0.3 is 16.2 Å². The van der Waals surface area contributed by atoms with Crippen LogP contribution in [-0.2, 0) is 11.2 Å². The lowest BCUT2D eigenvalue weighted by molar-refractivity contribution is -0.122. The first-order valence-corrected chi connectivity index (χ1v) is 6.62. The van der Waals surface area contributed by atoms with E-state index in [0.29, 0.717) is 6.42 Å². The van der Waals surface area contributed by atoms with Crippen LogP contribution in [-0.4, -0.2) is 22.6 Å². The lowest BCUT2D eigenvalue weighted by atomic mass is 10.0. The average Bonchev–Trinajstić information content (AvgIpc) is 2.25. The van der Waals surface area contributed by atoms with Crippen LogP contribution >= 0.6 is 0 Å². The molecule has 1 amide bonds. The maximum absolute atomic E-state index is 11.7. The Labute approximate surface area is 115 Å². The molecule has 4 heteroatoms. The van der Waals surface area contributed by atoms with Gasteiger partial charge in [-0.25, -0.2) is 0 Å². The molecule has 1 aromatic carbocycles. The van der Waals surface area contributed by atoms with Crippen LogP contribution < -0.4 is 11.1 Å². The minimum atomic E-state index is -0.471. The van der Waals surface area contributed by atoms with Gasteiger partial charge in [0.05, 0.1) is 0 Å².